The van der Waals surface area contributed by atoms with E-state index in [0.717, 1.165) is 17.7 Å². The number of carbonyl (C=O) groups excluding carboxylic acids is 1. The van der Waals surface area contributed by atoms with Gasteiger partial charge in [-0.25, -0.2) is 18.6 Å². The van der Waals surface area contributed by atoms with Gasteiger partial charge in [0.15, 0.2) is 5.82 Å². The number of aryl methyl sites for hydroxylation is 1. The summed E-state index contributed by atoms with van der Waals surface area (Å²) in [6.07, 6.45) is 0. The largest absolute Gasteiger partial charge is 0.324 e. The molecule has 1 aromatic heterocycles. The lowest BCUT2D eigenvalue weighted by molar-refractivity contribution is 0.249. The molecule has 0 saturated heterocycles. The Morgan fingerprint density at radius 2 is 1.92 bits per heavy atom. The molecule has 0 bridgehead atoms. The lowest BCUT2D eigenvalue weighted by atomic mass is 10.1. The topological polar surface area (TPSA) is 82.7 Å². The molecular weight excluding hydrogens is 328 g/mol. The summed E-state index contributed by atoms with van der Waals surface area (Å²) in [6.45, 7) is 1.74. The van der Waals surface area contributed by atoms with Gasteiger partial charge in [-0.3, -0.25) is 5.10 Å². The molecule has 0 radical (unpaired) electrons. The number of aromatic amines is 1. The molecule has 3 rings (SSSR count). The van der Waals surface area contributed by atoms with E-state index in [9.17, 15) is 13.6 Å². The third-order valence-electron chi connectivity index (χ3n) is 3.46. The normalized spacial score (nSPS) is 11.8. The predicted molar refractivity (Wildman–Crippen MR) is 87.9 cm³/mol. The Balaban J connectivity index is 1.81. The van der Waals surface area contributed by atoms with Crippen LogP contribution in [-0.4, -0.2) is 21.2 Å². The number of rotatable bonds is 4. The monoisotopic (exact) mass is 343 g/mol. The summed E-state index contributed by atoms with van der Waals surface area (Å²) >= 11 is 0. The van der Waals surface area contributed by atoms with Crippen molar-refractivity contribution in [3.05, 3.63) is 77.4 Å². The van der Waals surface area contributed by atoms with Crippen LogP contribution in [0.25, 0.3) is 0 Å². The Morgan fingerprint density at radius 3 is 2.56 bits per heavy atom. The first-order valence-corrected chi connectivity index (χ1v) is 7.49. The number of halogens is 2. The lowest BCUT2D eigenvalue weighted by Crippen LogP contribution is -2.34. The van der Waals surface area contributed by atoms with E-state index in [1.807, 2.05) is 30.3 Å². The second-order valence-electron chi connectivity index (χ2n) is 5.35. The summed E-state index contributed by atoms with van der Waals surface area (Å²) < 4.78 is 26.6. The van der Waals surface area contributed by atoms with E-state index >= 15 is 0 Å². The summed E-state index contributed by atoms with van der Waals surface area (Å²) in [6, 6.07) is 10.7. The zero-order valence-electron chi connectivity index (χ0n) is 13.3. The Hall–Kier alpha value is -3.29. The van der Waals surface area contributed by atoms with Gasteiger partial charge in [0.2, 0.25) is 0 Å². The van der Waals surface area contributed by atoms with Gasteiger partial charge in [-0.05, 0) is 24.6 Å². The van der Waals surface area contributed by atoms with Crippen molar-refractivity contribution < 1.29 is 13.6 Å². The van der Waals surface area contributed by atoms with Gasteiger partial charge in [0.1, 0.15) is 23.5 Å². The zero-order valence-corrected chi connectivity index (χ0v) is 13.3. The van der Waals surface area contributed by atoms with E-state index in [0.29, 0.717) is 17.7 Å². The molecule has 0 aliphatic rings. The van der Waals surface area contributed by atoms with E-state index < -0.39 is 23.7 Å². The van der Waals surface area contributed by atoms with Crippen LogP contribution in [0.15, 0.2) is 48.5 Å². The highest BCUT2D eigenvalue weighted by Gasteiger charge is 2.21. The average Bonchev–Trinajstić information content (AvgIpc) is 3.02. The number of amides is 2. The Morgan fingerprint density at radius 1 is 1.16 bits per heavy atom. The van der Waals surface area contributed by atoms with Crippen molar-refractivity contribution in [1.29, 1.82) is 0 Å². The number of hydrogen-bond acceptors (Lipinski definition) is 3. The van der Waals surface area contributed by atoms with Crippen LogP contribution in [0.3, 0.4) is 0 Å². The van der Waals surface area contributed by atoms with E-state index in [1.165, 1.54) is 0 Å². The molecule has 0 fully saturated rings. The molecule has 0 aliphatic carbocycles. The second-order valence-corrected chi connectivity index (χ2v) is 5.35. The van der Waals surface area contributed by atoms with Gasteiger partial charge in [0, 0.05) is 6.07 Å². The van der Waals surface area contributed by atoms with Crippen molar-refractivity contribution in [2.75, 3.05) is 5.32 Å². The van der Waals surface area contributed by atoms with Crippen molar-refractivity contribution in [3.63, 3.8) is 0 Å². The molecular formula is C17H15F2N5O. The highest BCUT2D eigenvalue weighted by molar-refractivity contribution is 5.89. The highest BCUT2D eigenvalue weighted by Crippen LogP contribution is 2.20. The number of benzene rings is 2. The number of hydrogen-bond donors (Lipinski definition) is 3. The standard InChI is InChI=1S/C17H15F2N5O/c1-10-20-16(24-23-10)15(11-5-3-2-4-6-11)22-17(25)21-14-8-7-12(18)9-13(14)19/h2-9,15H,1H3,(H,20,23,24)(H2,21,22,25)/t15-/m1/s1. The van der Waals surface area contributed by atoms with Crippen molar-refractivity contribution in [2.45, 2.75) is 13.0 Å². The number of H-pyrrole nitrogens is 1. The number of urea groups is 1. The van der Waals surface area contributed by atoms with Crippen molar-refractivity contribution in [3.8, 4) is 0 Å². The van der Waals surface area contributed by atoms with Crippen molar-refractivity contribution >= 4 is 11.7 Å². The first kappa shape index (κ1) is 16.6. The Bertz CT molecular complexity index is 882. The van der Waals surface area contributed by atoms with Crippen LogP contribution < -0.4 is 10.6 Å². The molecule has 3 aromatic rings. The minimum atomic E-state index is -0.861. The molecule has 0 spiro atoms. The fraction of sp³-hybridized carbons (Fsp3) is 0.118. The molecule has 8 heteroatoms. The van der Waals surface area contributed by atoms with Crippen molar-refractivity contribution in [1.82, 2.24) is 20.5 Å². The number of nitrogens with zero attached hydrogens (tertiary/aromatic N) is 2. The summed E-state index contributed by atoms with van der Waals surface area (Å²) in [5, 5.41) is 11.9. The molecule has 3 N–H and O–H groups in total. The van der Waals surface area contributed by atoms with Crippen LogP contribution in [0.1, 0.15) is 23.3 Å². The van der Waals surface area contributed by atoms with Gasteiger partial charge in [-0.2, -0.15) is 5.10 Å². The van der Waals surface area contributed by atoms with E-state index in [1.54, 1.807) is 6.92 Å². The summed E-state index contributed by atoms with van der Waals surface area (Å²) in [5.74, 6) is -0.608. The van der Waals surface area contributed by atoms with E-state index in [-0.39, 0.29) is 5.69 Å². The minimum absolute atomic E-state index is 0.128. The maximum Gasteiger partial charge on any atom is 0.320 e. The molecule has 1 atom stereocenters. The molecule has 128 valence electrons. The molecule has 25 heavy (non-hydrogen) atoms. The number of carbonyl (C=O) groups is 1. The smallest absolute Gasteiger partial charge is 0.320 e. The van der Waals surface area contributed by atoms with Gasteiger partial charge in [-0.15, -0.1) is 0 Å². The first-order valence-electron chi connectivity index (χ1n) is 7.49. The highest BCUT2D eigenvalue weighted by atomic mass is 19.1. The third-order valence-corrected chi connectivity index (χ3v) is 3.46. The summed E-state index contributed by atoms with van der Waals surface area (Å²) in [5.41, 5.74) is 0.633. The Kier molecular flexibility index (Phi) is 4.69. The van der Waals surface area contributed by atoms with Crippen LogP contribution in [-0.2, 0) is 0 Å². The van der Waals surface area contributed by atoms with Gasteiger partial charge >= 0.3 is 6.03 Å². The van der Waals surface area contributed by atoms with Gasteiger partial charge in [0.25, 0.3) is 0 Å². The number of nitrogens with one attached hydrogen (secondary N) is 3. The molecule has 0 aliphatic heterocycles. The van der Waals surface area contributed by atoms with Crippen LogP contribution in [0.4, 0.5) is 19.3 Å². The van der Waals surface area contributed by atoms with E-state index in [4.69, 9.17) is 0 Å². The maximum absolute atomic E-state index is 13.7. The minimum Gasteiger partial charge on any atom is -0.324 e. The fourth-order valence-corrected chi connectivity index (χ4v) is 2.31. The summed E-state index contributed by atoms with van der Waals surface area (Å²) in [4.78, 5) is 16.5. The van der Waals surface area contributed by atoms with Crippen LogP contribution >= 0.6 is 0 Å². The summed E-state index contributed by atoms with van der Waals surface area (Å²) in [7, 11) is 0. The molecule has 6 nitrogen and oxygen atoms in total. The molecule has 2 aromatic carbocycles. The quantitative estimate of drug-likeness (QED) is 0.680. The molecule has 2 amide bonds. The molecule has 1 heterocycles. The van der Waals surface area contributed by atoms with Gasteiger partial charge < -0.3 is 10.6 Å². The number of anilines is 1. The van der Waals surface area contributed by atoms with Crippen LogP contribution in [0.5, 0.6) is 0 Å². The zero-order chi connectivity index (χ0) is 17.8. The molecule has 0 unspecified atom stereocenters. The van der Waals surface area contributed by atoms with Crippen molar-refractivity contribution in [2.24, 2.45) is 0 Å². The number of aromatic nitrogens is 3. The third kappa shape index (κ3) is 3.97. The molecule has 0 saturated carbocycles. The Labute approximate surface area is 142 Å². The van der Waals surface area contributed by atoms with Crippen LogP contribution in [0.2, 0.25) is 0 Å². The lowest BCUT2D eigenvalue weighted by Gasteiger charge is -2.17. The fourth-order valence-electron chi connectivity index (χ4n) is 2.31. The van der Waals surface area contributed by atoms with Gasteiger partial charge in [-0.1, -0.05) is 30.3 Å². The first-order chi connectivity index (χ1) is 12.0. The van der Waals surface area contributed by atoms with E-state index in [2.05, 4.69) is 25.8 Å². The maximum atomic E-state index is 13.7. The predicted octanol–water partition coefficient (Wildman–Crippen LogP) is 3.30. The second kappa shape index (κ2) is 7.08. The van der Waals surface area contributed by atoms with Gasteiger partial charge in [0.05, 0.1) is 5.69 Å². The average molecular weight is 343 g/mol. The SMILES string of the molecule is Cc1nc([C@H](NC(=O)Nc2ccc(F)cc2F)c2ccccc2)n[nH]1. The van der Waals surface area contributed by atoms with Crippen LogP contribution in [0, 0.1) is 18.6 Å².